The van der Waals surface area contributed by atoms with Crippen molar-refractivity contribution in [3.05, 3.63) is 64.7 Å². The Morgan fingerprint density at radius 1 is 1.21 bits per heavy atom. The van der Waals surface area contributed by atoms with E-state index < -0.39 is 10.0 Å². The van der Waals surface area contributed by atoms with E-state index in [1.807, 2.05) is 0 Å². The van der Waals surface area contributed by atoms with Crippen molar-refractivity contribution in [2.45, 2.75) is 11.8 Å². The molecule has 0 aromatic heterocycles. The number of hydrogen-bond acceptors (Lipinski definition) is 3. The normalized spacial score (nSPS) is 11.2. The molecule has 0 aliphatic rings. The molecule has 0 atom stereocenters. The van der Waals surface area contributed by atoms with Gasteiger partial charge in [0.25, 0.3) is 10.0 Å². The van der Waals surface area contributed by atoms with Gasteiger partial charge in [-0.1, -0.05) is 35.3 Å². The summed E-state index contributed by atoms with van der Waals surface area (Å²) in [5.41, 5.74) is 1.17. The lowest BCUT2D eigenvalue weighted by Gasteiger charge is -2.25. The zero-order valence-electron chi connectivity index (χ0n) is 13.3. The van der Waals surface area contributed by atoms with Gasteiger partial charge in [0, 0.05) is 5.02 Å². The van der Waals surface area contributed by atoms with Crippen molar-refractivity contribution < 1.29 is 13.2 Å². The Morgan fingerprint density at radius 3 is 2.50 bits per heavy atom. The molecule has 0 aliphatic heterocycles. The van der Waals surface area contributed by atoms with Gasteiger partial charge in [-0.15, -0.1) is 6.58 Å². The first-order valence-corrected chi connectivity index (χ1v) is 9.24. The first kappa shape index (κ1) is 18.6. The second kappa shape index (κ2) is 7.47. The average Bonchev–Trinajstić information content (AvgIpc) is 2.55. The molecule has 0 saturated heterocycles. The van der Waals surface area contributed by atoms with E-state index in [4.69, 9.17) is 27.9 Å². The van der Waals surface area contributed by atoms with Crippen molar-refractivity contribution >= 4 is 38.9 Å². The molecule has 24 heavy (non-hydrogen) atoms. The highest BCUT2D eigenvalue weighted by atomic mass is 35.5. The van der Waals surface area contributed by atoms with E-state index in [0.717, 1.165) is 0 Å². The number of benzene rings is 2. The number of nitrogens with zero attached hydrogens (tertiary/aromatic N) is 1. The van der Waals surface area contributed by atoms with Crippen molar-refractivity contribution in [2.75, 3.05) is 18.0 Å². The smallest absolute Gasteiger partial charge is 0.264 e. The predicted octanol–water partition coefficient (Wildman–Crippen LogP) is 4.69. The van der Waals surface area contributed by atoms with Gasteiger partial charge in [0.1, 0.15) is 5.75 Å². The van der Waals surface area contributed by atoms with Crippen LogP contribution in [0, 0.1) is 6.92 Å². The van der Waals surface area contributed by atoms with Gasteiger partial charge in [0.15, 0.2) is 0 Å². The third kappa shape index (κ3) is 3.53. The van der Waals surface area contributed by atoms with Crippen LogP contribution in [0.5, 0.6) is 5.75 Å². The summed E-state index contributed by atoms with van der Waals surface area (Å²) >= 11 is 12.2. The van der Waals surface area contributed by atoms with E-state index in [0.29, 0.717) is 22.0 Å². The monoisotopic (exact) mass is 385 g/mol. The third-order valence-electron chi connectivity index (χ3n) is 3.51. The van der Waals surface area contributed by atoms with Crippen LogP contribution >= 0.6 is 23.2 Å². The Balaban J connectivity index is 2.59. The number of anilines is 1. The minimum Gasteiger partial charge on any atom is -0.495 e. The fourth-order valence-electron chi connectivity index (χ4n) is 2.24. The van der Waals surface area contributed by atoms with Crippen LogP contribution in [-0.4, -0.2) is 22.1 Å². The fourth-order valence-corrected chi connectivity index (χ4v) is 4.26. The summed E-state index contributed by atoms with van der Waals surface area (Å²) in [4.78, 5) is 0.0644. The molecule has 0 spiro atoms. The van der Waals surface area contributed by atoms with Gasteiger partial charge in [0.2, 0.25) is 0 Å². The molecular formula is C17H17Cl2NO3S. The van der Waals surface area contributed by atoms with E-state index in [-0.39, 0.29) is 16.5 Å². The van der Waals surface area contributed by atoms with Crippen LogP contribution in [0.3, 0.4) is 0 Å². The van der Waals surface area contributed by atoms with Crippen LogP contribution in [0.2, 0.25) is 10.0 Å². The Kier molecular flexibility index (Phi) is 5.80. The summed E-state index contributed by atoms with van der Waals surface area (Å²) in [6.45, 7) is 5.52. The summed E-state index contributed by atoms with van der Waals surface area (Å²) in [7, 11) is -2.37. The minimum absolute atomic E-state index is 0.0644. The van der Waals surface area contributed by atoms with Crippen LogP contribution in [0.4, 0.5) is 5.69 Å². The largest absolute Gasteiger partial charge is 0.495 e. The van der Waals surface area contributed by atoms with Crippen LogP contribution < -0.4 is 9.04 Å². The molecule has 0 unspecified atom stereocenters. The fraction of sp³-hybridized carbons (Fsp3) is 0.176. The Morgan fingerprint density at radius 2 is 1.92 bits per heavy atom. The molecule has 4 nitrogen and oxygen atoms in total. The first-order valence-electron chi connectivity index (χ1n) is 7.05. The number of methoxy groups -OCH3 is 1. The molecule has 0 fully saturated rings. The lowest BCUT2D eigenvalue weighted by atomic mass is 10.2. The number of halogens is 2. The first-order chi connectivity index (χ1) is 11.3. The van der Waals surface area contributed by atoms with E-state index in [1.165, 1.54) is 35.7 Å². The lowest BCUT2D eigenvalue weighted by molar-refractivity contribution is 0.414. The molecular weight excluding hydrogens is 369 g/mol. The van der Waals surface area contributed by atoms with E-state index in [9.17, 15) is 8.42 Å². The summed E-state index contributed by atoms with van der Waals surface area (Å²) in [5.74, 6) is 0.407. The summed E-state index contributed by atoms with van der Waals surface area (Å²) < 4.78 is 32.5. The number of ether oxygens (including phenoxy) is 1. The molecule has 7 heteroatoms. The lowest BCUT2D eigenvalue weighted by Crippen LogP contribution is -2.31. The molecule has 0 bridgehead atoms. The minimum atomic E-state index is -3.84. The van der Waals surface area contributed by atoms with Gasteiger partial charge < -0.3 is 4.74 Å². The van der Waals surface area contributed by atoms with Crippen molar-refractivity contribution in [3.63, 3.8) is 0 Å². The zero-order chi connectivity index (χ0) is 17.9. The summed E-state index contributed by atoms with van der Waals surface area (Å²) in [5, 5.41) is 0.712. The highest BCUT2D eigenvalue weighted by Crippen LogP contribution is 2.33. The van der Waals surface area contributed by atoms with Crippen LogP contribution in [0.25, 0.3) is 0 Å². The maximum absolute atomic E-state index is 13.1. The van der Waals surface area contributed by atoms with E-state index in [1.54, 1.807) is 25.1 Å². The van der Waals surface area contributed by atoms with Crippen molar-refractivity contribution in [3.8, 4) is 5.75 Å². The van der Waals surface area contributed by atoms with Gasteiger partial charge >= 0.3 is 0 Å². The van der Waals surface area contributed by atoms with Crippen LogP contribution in [0.15, 0.2) is 53.9 Å². The molecule has 128 valence electrons. The molecule has 2 aromatic rings. The molecule has 0 saturated carbocycles. The second-order valence-corrected chi connectivity index (χ2v) is 7.68. The maximum Gasteiger partial charge on any atom is 0.264 e. The Labute approximate surface area is 152 Å². The predicted molar refractivity (Wildman–Crippen MR) is 98.9 cm³/mol. The van der Waals surface area contributed by atoms with Gasteiger partial charge in [-0.05, 0) is 42.8 Å². The summed E-state index contributed by atoms with van der Waals surface area (Å²) in [6, 6.07) is 9.46. The van der Waals surface area contributed by atoms with Gasteiger partial charge in [-0.3, -0.25) is 4.31 Å². The topological polar surface area (TPSA) is 46.6 Å². The average molecular weight is 386 g/mol. The standard InChI is InChI=1S/C17H17Cl2NO3S/c1-4-10-20(16-7-5-6-14(18)12(16)2)24(21,22)13-8-9-17(23-3)15(19)11-13/h4-9,11H,1,10H2,2-3H3. The molecule has 0 radical (unpaired) electrons. The van der Waals surface area contributed by atoms with E-state index >= 15 is 0 Å². The molecule has 2 aromatic carbocycles. The molecule has 2 rings (SSSR count). The van der Waals surface area contributed by atoms with Crippen LogP contribution in [0.1, 0.15) is 5.56 Å². The van der Waals surface area contributed by atoms with Gasteiger partial charge in [-0.25, -0.2) is 8.42 Å². The highest BCUT2D eigenvalue weighted by Gasteiger charge is 2.26. The van der Waals surface area contributed by atoms with Gasteiger partial charge in [0.05, 0.1) is 29.3 Å². The Hall–Kier alpha value is -1.69. The number of rotatable bonds is 6. The van der Waals surface area contributed by atoms with Crippen molar-refractivity contribution in [1.29, 1.82) is 0 Å². The molecule has 0 heterocycles. The van der Waals surface area contributed by atoms with E-state index in [2.05, 4.69) is 6.58 Å². The molecule has 0 aliphatic carbocycles. The van der Waals surface area contributed by atoms with Gasteiger partial charge in [-0.2, -0.15) is 0 Å². The van der Waals surface area contributed by atoms with Crippen molar-refractivity contribution in [1.82, 2.24) is 0 Å². The third-order valence-corrected chi connectivity index (χ3v) is 5.99. The zero-order valence-corrected chi connectivity index (χ0v) is 15.6. The summed E-state index contributed by atoms with van der Waals surface area (Å²) in [6.07, 6.45) is 1.52. The SMILES string of the molecule is C=CCN(c1cccc(Cl)c1C)S(=O)(=O)c1ccc(OC)c(Cl)c1. The van der Waals surface area contributed by atoms with Crippen LogP contribution in [-0.2, 0) is 10.0 Å². The maximum atomic E-state index is 13.1. The molecule has 0 amide bonds. The second-order valence-electron chi connectivity index (χ2n) is 5.01. The quantitative estimate of drug-likeness (QED) is 0.677. The number of sulfonamides is 1. The van der Waals surface area contributed by atoms with Crippen molar-refractivity contribution in [2.24, 2.45) is 0 Å². The highest BCUT2D eigenvalue weighted by molar-refractivity contribution is 7.92. The number of hydrogen-bond donors (Lipinski definition) is 0. The Bertz CT molecular complexity index is 866. The molecule has 0 N–H and O–H groups in total.